The normalized spacial score (nSPS) is 19.2. The van der Waals surface area contributed by atoms with Crippen LogP contribution in [0.1, 0.15) is 30.4 Å². The van der Waals surface area contributed by atoms with Gasteiger partial charge in [0.1, 0.15) is 0 Å². The average Bonchev–Trinajstić information content (AvgIpc) is 3.33. The number of rotatable bonds is 5. The van der Waals surface area contributed by atoms with Gasteiger partial charge in [-0.05, 0) is 56.0 Å². The first-order valence-electron chi connectivity index (χ1n) is 8.87. The summed E-state index contributed by atoms with van der Waals surface area (Å²) in [5, 5.41) is 0.734. The minimum Gasteiger partial charge on any atom is -0.466 e. The summed E-state index contributed by atoms with van der Waals surface area (Å²) in [6.07, 6.45) is 3.92. The predicted molar refractivity (Wildman–Crippen MR) is 101 cm³/mol. The van der Waals surface area contributed by atoms with Crippen molar-refractivity contribution in [3.05, 3.63) is 59.9 Å². The third kappa shape index (κ3) is 3.12. The van der Waals surface area contributed by atoms with E-state index < -0.39 is 10.0 Å². The molecule has 0 radical (unpaired) electrons. The zero-order valence-electron chi connectivity index (χ0n) is 15.1. The number of benzene rings is 1. The summed E-state index contributed by atoms with van der Waals surface area (Å²) in [5.74, 6) is -0.206. The number of pyridine rings is 1. The first-order valence-corrected chi connectivity index (χ1v) is 10.3. The highest BCUT2D eigenvalue weighted by Crippen LogP contribution is 2.48. The van der Waals surface area contributed by atoms with E-state index in [9.17, 15) is 13.2 Å². The van der Waals surface area contributed by atoms with Gasteiger partial charge in [0.25, 0.3) is 10.0 Å². The number of nitrogens with zero attached hydrogens (tertiary/aromatic N) is 2. The monoisotopic (exact) mass is 384 g/mol. The van der Waals surface area contributed by atoms with E-state index in [-0.39, 0.29) is 22.7 Å². The van der Waals surface area contributed by atoms with E-state index in [2.05, 4.69) is 4.98 Å². The molecule has 3 aromatic rings. The molecule has 6 nitrogen and oxygen atoms in total. The minimum absolute atomic E-state index is 0.0954. The number of carbonyl (C=O) groups is 1. The second kappa shape index (κ2) is 6.49. The Hall–Kier alpha value is -2.67. The molecule has 0 bridgehead atoms. The standard InChI is InChI=1S/C20H20N2O4S/c1-3-26-20(23)18-11-17(18)15-10-14-8-9-22(19(14)21-12-15)27(24,25)16-6-4-13(2)5-7-16/h4-10,12,17-18H,3,11H2,1-2H3/t17-,18+/m1/s1. The van der Waals surface area contributed by atoms with Crippen LogP contribution in [-0.2, 0) is 19.6 Å². The SMILES string of the molecule is CCOC(=O)[C@H]1C[C@@H]1c1cnc2c(ccn2S(=O)(=O)c2ccc(C)cc2)c1. The second-order valence-electron chi connectivity index (χ2n) is 6.81. The van der Waals surface area contributed by atoms with Crippen LogP contribution >= 0.6 is 0 Å². The molecular formula is C20H20N2O4S. The molecule has 0 aliphatic heterocycles. The van der Waals surface area contributed by atoms with E-state index in [1.165, 1.54) is 10.2 Å². The highest BCUT2D eigenvalue weighted by Gasteiger charge is 2.45. The Labute approximate surface area is 157 Å². The number of hydrogen-bond acceptors (Lipinski definition) is 5. The van der Waals surface area contributed by atoms with Gasteiger partial charge in [0, 0.05) is 17.8 Å². The third-order valence-corrected chi connectivity index (χ3v) is 6.58. The molecule has 0 spiro atoms. The van der Waals surface area contributed by atoms with Crippen LogP contribution in [0.3, 0.4) is 0 Å². The van der Waals surface area contributed by atoms with Gasteiger partial charge < -0.3 is 4.74 Å². The maximum Gasteiger partial charge on any atom is 0.309 e. The van der Waals surface area contributed by atoms with Crippen LogP contribution in [0.2, 0.25) is 0 Å². The zero-order chi connectivity index (χ0) is 19.2. The van der Waals surface area contributed by atoms with Crippen LogP contribution in [0.25, 0.3) is 11.0 Å². The third-order valence-electron chi connectivity index (χ3n) is 4.90. The van der Waals surface area contributed by atoms with E-state index in [1.807, 2.05) is 13.0 Å². The van der Waals surface area contributed by atoms with Gasteiger partial charge in [-0.2, -0.15) is 0 Å². The molecular weight excluding hydrogens is 364 g/mol. The fraction of sp³-hybridized carbons (Fsp3) is 0.300. The summed E-state index contributed by atoms with van der Waals surface area (Å²) in [4.78, 5) is 16.4. The van der Waals surface area contributed by atoms with Crippen molar-refractivity contribution in [2.75, 3.05) is 6.61 Å². The quantitative estimate of drug-likeness (QED) is 0.631. The fourth-order valence-electron chi connectivity index (χ4n) is 3.31. The topological polar surface area (TPSA) is 78.3 Å². The minimum atomic E-state index is -3.71. The number of hydrogen-bond donors (Lipinski definition) is 0. The first-order chi connectivity index (χ1) is 12.9. The van der Waals surface area contributed by atoms with Crippen molar-refractivity contribution >= 4 is 27.0 Å². The van der Waals surface area contributed by atoms with Gasteiger partial charge in [0.2, 0.25) is 0 Å². The molecule has 4 rings (SSSR count). The van der Waals surface area contributed by atoms with Gasteiger partial charge in [-0.15, -0.1) is 0 Å². The van der Waals surface area contributed by atoms with Gasteiger partial charge in [0.05, 0.1) is 17.4 Å². The van der Waals surface area contributed by atoms with E-state index >= 15 is 0 Å². The van der Waals surface area contributed by atoms with Crippen LogP contribution in [0.15, 0.2) is 53.7 Å². The van der Waals surface area contributed by atoms with E-state index in [1.54, 1.807) is 43.5 Å². The van der Waals surface area contributed by atoms with Gasteiger partial charge in [-0.3, -0.25) is 4.79 Å². The summed E-state index contributed by atoms with van der Waals surface area (Å²) < 4.78 is 32.1. The van der Waals surface area contributed by atoms with Gasteiger partial charge in [-0.25, -0.2) is 17.4 Å². The molecule has 1 fully saturated rings. The highest BCUT2D eigenvalue weighted by atomic mass is 32.2. The summed E-state index contributed by atoms with van der Waals surface area (Å²) in [5.41, 5.74) is 2.31. The molecule has 2 aromatic heterocycles. The molecule has 1 aromatic carbocycles. The highest BCUT2D eigenvalue weighted by molar-refractivity contribution is 7.90. The molecule has 0 amide bonds. The van der Waals surface area contributed by atoms with Crippen LogP contribution in [0.5, 0.6) is 0 Å². The molecule has 0 N–H and O–H groups in total. The molecule has 1 saturated carbocycles. The Balaban J connectivity index is 1.66. The summed E-state index contributed by atoms with van der Waals surface area (Å²) in [6.45, 7) is 4.07. The Morgan fingerprint density at radius 2 is 2.00 bits per heavy atom. The first kappa shape index (κ1) is 17.7. The maximum absolute atomic E-state index is 12.9. The number of aromatic nitrogens is 2. The lowest BCUT2D eigenvalue weighted by Crippen LogP contribution is -2.12. The van der Waals surface area contributed by atoms with Crippen molar-refractivity contribution in [2.45, 2.75) is 31.1 Å². The molecule has 2 heterocycles. The zero-order valence-corrected chi connectivity index (χ0v) is 15.9. The number of ether oxygens (including phenoxy) is 1. The Kier molecular flexibility index (Phi) is 4.26. The number of fused-ring (bicyclic) bond motifs is 1. The predicted octanol–water partition coefficient (Wildman–Crippen LogP) is 3.25. The van der Waals surface area contributed by atoms with Gasteiger partial charge in [-0.1, -0.05) is 17.7 Å². The van der Waals surface area contributed by atoms with Crippen LogP contribution in [0.4, 0.5) is 0 Å². The molecule has 1 aliphatic rings. The Morgan fingerprint density at radius 3 is 2.70 bits per heavy atom. The lowest BCUT2D eigenvalue weighted by Gasteiger charge is -2.08. The average molecular weight is 384 g/mol. The van der Waals surface area contributed by atoms with Gasteiger partial charge in [0.15, 0.2) is 5.65 Å². The van der Waals surface area contributed by atoms with Crippen LogP contribution in [-0.4, -0.2) is 30.0 Å². The summed E-state index contributed by atoms with van der Waals surface area (Å²) in [7, 11) is -3.71. The molecule has 0 saturated heterocycles. The van der Waals surface area contributed by atoms with E-state index in [0.717, 1.165) is 22.9 Å². The van der Waals surface area contributed by atoms with Crippen molar-refractivity contribution in [2.24, 2.45) is 5.92 Å². The van der Waals surface area contributed by atoms with Gasteiger partial charge >= 0.3 is 5.97 Å². The molecule has 1 aliphatic carbocycles. The molecule has 0 unspecified atom stereocenters. The smallest absolute Gasteiger partial charge is 0.309 e. The van der Waals surface area contributed by atoms with Crippen LogP contribution in [0, 0.1) is 12.8 Å². The van der Waals surface area contributed by atoms with Crippen molar-refractivity contribution in [3.63, 3.8) is 0 Å². The largest absolute Gasteiger partial charge is 0.466 e. The van der Waals surface area contributed by atoms with Crippen molar-refractivity contribution in [1.29, 1.82) is 0 Å². The molecule has 2 atom stereocenters. The maximum atomic E-state index is 12.9. The second-order valence-corrected chi connectivity index (χ2v) is 8.63. The van der Waals surface area contributed by atoms with Crippen molar-refractivity contribution < 1.29 is 17.9 Å². The lowest BCUT2D eigenvalue weighted by molar-refractivity contribution is -0.144. The number of carbonyl (C=O) groups excluding carboxylic acids is 1. The van der Waals surface area contributed by atoms with Crippen molar-refractivity contribution in [3.8, 4) is 0 Å². The van der Waals surface area contributed by atoms with E-state index in [0.29, 0.717) is 12.3 Å². The summed E-state index contributed by atoms with van der Waals surface area (Å²) in [6, 6.07) is 10.4. The fourth-order valence-corrected chi connectivity index (χ4v) is 4.62. The molecule has 140 valence electrons. The van der Waals surface area contributed by atoms with Crippen LogP contribution < -0.4 is 0 Å². The Morgan fingerprint density at radius 1 is 1.26 bits per heavy atom. The number of esters is 1. The number of aryl methyl sites for hydroxylation is 1. The van der Waals surface area contributed by atoms with E-state index in [4.69, 9.17) is 4.74 Å². The molecule has 7 heteroatoms. The van der Waals surface area contributed by atoms with Crippen molar-refractivity contribution in [1.82, 2.24) is 8.96 Å². The lowest BCUT2D eigenvalue weighted by atomic mass is 10.1. The summed E-state index contributed by atoms with van der Waals surface area (Å²) >= 11 is 0. The molecule has 27 heavy (non-hydrogen) atoms. The Bertz CT molecular complexity index is 1120.